The van der Waals surface area contributed by atoms with Crippen molar-refractivity contribution in [3.8, 4) is 0 Å². The molecule has 0 aliphatic rings. The fourth-order valence-corrected chi connectivity index (χ4v) is 1.84. The van der Waals surface area contributed by atoms with Gasteiger partial charge < -0.3 is 10.4 Å². The third-order valence-electron chi connectivity index (χ3n) is 1.99. The summed E-state index contributed by atoms with van der Waals surface area (Å²) in [7, 11) is 0. The number of pyridine rings is 1. The van der Waals surface area contributed by atoms with Gasteiger partial charge in [-0.3, -0.25) is 4.79 Å². The third-order valence-corrected chi connectivity index (χ3v) is 2.86. The van der Waals surface area contributed by atoms with Gasteiger partial charge in [0.25, 0.3) is 5.91 Å². The minimum Gasteiger partial charge on any atom is -0.478 e. The first kappa shape index (κ1) is 11.3. The maximum atomic E-state index is 11.7. The Labute approximate surface area is 101 Å². The predicted octanol–water partition coefficient (Wildman–Crippen LogP) is 2.09. The van der Waals surface area contributed by atoms with Gasteiger partial charge >= 0.3 is 5.97 Å². The van der Waals surface area contributed by atoms with Gasteiger partial charge in [0.2, 0.25) is 0 Å². The Bertz CT molecular complexity index is 552. The van der Waals surface area contributed by atoms with E-state index in [1.165, 1.54) is 29.7 Å². The average molecular weight is 248 g/mol. The zero-order valence-corrected chi connectivity index (χ0v) is 9.40. The first-order valence-corrected chi connectivity index (χ1v) is 5.59. The van der Waals surface area contributed by atoms with Gasteiger partial charge in [0.1, 0.15) is 5.82 Å². The van der Waals surface area contributed by atoms with Crippen molar-refractivity contribution in [1.29, 1.82) is 0 Å². The molecule has 0 saturated heterocycles. The Morgan fingerprint density at radius 3 is 2.82 bits per heavy atom. The number of hydrogen-bond acceptors (Lipinski definition) is 4. The molecule has 5 nitrogen and oxygen atoms in total. The Morgan fingerprint density at radius 1 is 1.35 bits per heavy atom. The van der Waals surface area contributed by atoms with Crippen molar-refractivity contribution in [2.24, 2.45) is 0 Å². The van der Waals surface area contributed by atoms with Gasteiger partial charge in [0, 0.05) is 6.20 Å². The van der Waals surface area contributed by atoms with Crippen LogP contribution in [0.1, 0.15) is 20.0 Å². The number of carboxylic acids is 1. The van der Waals surface area contributed by atoms with Gasteiger partial charge in [-0.1, -0.05) is 6.07 Å². The van der Waals surface area contributed by atoms with E-state index in [2.05, 4.69) is 10.3 Å². The molecule has 0 bridgehead atoms. The van der Waals surface area contributed by atoms with Crippen LogP contribution in [0.4, 0.5) is 5.82 Å². The molecule has 6 heteroatoms. The highest BCUT2D eigenvalue weighted by molar-refractivity contribution is 7.12. The van der Waals surface area contributed by atoms with Crippen molar-refractivity contribution in [2.75, 3.05) is 5.32 Å². The molecule has 2 heterocycles. The second kappa shape index (κ2) is 4.75. The lowest BCUT2D eigenvalue weighted by Gasteiger charge is -2.03. The molecule has 2 rings (SSSR count). The maximum absolute atomic E-state index is 11.7. The zero-order valence-electron chi connectivity index (χ0n) is 8.58. The van der Waals surface area contributed by atoms with Crippen molar-refractivity contribution in [1.82, 2.24) is 4.98 Å². The number of carboxylic acid groups (broad SMARTS) is 1. The number of nitrogens with zero attached hydrogens (tertiary/aromatic N) is 1. The van der Waals surface area contributed by atoms with Gasteiger partial charge in [-0.2, -0.15) is 0 Å². The maximum Gasteiger partial charge on any atom is 0.335 e. The molecular formula is C11H8N2O3S. The minimum atomic E-state index is -1.06. The Balaban J connectivity index is 2.16. The van der Waals surface area contributed by atoms with Crippen LogP contribution in [0.3, 0.4) is 0 Å². The standard InChI is InChI=1S/C11H8N2O3S/c14-10(8-2-1-5-17-8)13-9-6-7(11(15)16)3-4-12-9/h1-6H,(H,15,16)(H,12,13,14). The lowest BCUT2D eigenvalue weighted by Crippen LogP contribution is -2.12. The average Bonchev–Trinajstić information content (AvgIpc) is 2.82. The molecule has 0 spiro atoms. The molecule has 2 aromatic heterocycles. The van der Waals surface area contributed by atoms with E-state index < -0.39 is 5.97 Å². The van der Waals surface area contributed by atoms with Crippen LogP contribution in [-0.2, 0) is 0 Å². The fourth-order valence-electron chi connectivity index (χ4n) is 1.22. The summed E-state index contributed by atoms with van der Waals surface area (Å²) in [6.07, 6.45) is 1.34. The van der Waals surface area contributed by atoms with Crippen LogP contribution in [-0.4, -0.2) is 22.0 Å². The number of rotatable bonds is 3. The van der Waals surface area contributed by atoms with E-state index in [4.69, 9.17) is 5.11 Å². The van der Waals surface area contributed by atoms with E-state index in [9.17, 15) is 9.59 Å². The topological polar surface area (TPSA) is 79.3 Å². The van der Waals surface area contributed by atoms with Crippen LogP contribution in [0.2, 0.25) is 0 Å². The lowest BCUT2D eigenvalue weighted by molar-refractivity contribution is 0.0696. The molecule has 2 aromatic rings. The SMILES string of the molecule is O=C(O)c1ccnc(NC(=O)c2cccs2)c1. The number of hydrogen-bond donors (Lipinski definition) is 2. The van der Waals surface area contributed by atoms with Gasteiger partial charge in [-0.15, -0.1) is 11.3 Å². The van der Waals surface area contributed by atoms with Crippen molar-refractivity contribution < 1.29 is 14.7 Å². The number of carbonyl (C=O) groups excluding carboxylic acids is 1. The number of anilines is 1. The summed E-state index contributed by atoms with van der Waals surface area (Å²) in [5.74, 6) is -1.13. The summed E-state index contributed by atoms with van der Waals surface area (Å²) >= 11 is 1.30. The highest BCUT2D eigenvalue weighted by Crippen LogP contribution is 2.12. The Morgan fingerprint density at radius 2 is 2.18 bits per heavy atom. The smallest absolute Gasteiger partial charge is 0.335 e. The van der Waals surface area contributed by atoms with Crippen molar-refractivity contribution in [3.05, 3.63) is 46.3 Å². The molecule has 0 unspecified atom stereocenters. The Hall–Kier alpha value is -2.21. The number of aromatic carboxylic acids is 1. The largest absolute Gasteiger partial charge is 0.478 e. The fraction of sp³-hybridized carbons (Fsp3) is 0. The molecule has 1 amide bonds. The summed E-state index contributed by atoms with van der Waals surface area (Å²) in [4.78, 5) is 26.8. The predicted molar refractivity (Wildman–Crippen MR) is 63.5 cm³/mol. The van der Waals surface area contributed by atoms with Crippen LogP contribution in [0, 0.1) is 0 Å². The molecule has 0 aliphatic carbocycles. The number of thiophene rings is 1. The summed E-state index contributed by atoms with van der Waals surface area (Å²) in [5.41, 5.74) is 0.0847. The molecule has 0 fully saturated rings. The van der Waals surface area contributed by atoms with Crippen molar-refractivity contribution >= 4 is 29.0 Å². The molecule has 0 radical (unpaired) electrons. The van der Waals surface area contributed by atoms with Crippen LogP contribution in [0.15, 0.2) is 35.8 Å². The lowest BCUT2D eigenvalue weighted by atomic mass is 10.2. The van der Waals surface area contributed by atoms with E-state index in [1.54, 1.807) is 17.5 Å². The molecule has 0 atom stereocenters. The second-order valence-corrected chi connectivity index (χ2v) is 4.11. The molecule has 17 heavy (non-hydrogen) atoms. The van der Waals surface area contributed by atoms with Crippen LogP contribution < -0.4 is 5.32 Å². The van der Waals surface area contributed by atoms with E-state index in [0.717, 1.165) is 0 Å². The van der Waals surface area contributed by atoms with Gasteiger partial charge in [0.15, 0.2) is 0 Å². The Kier molecular flexibility index (Phi) is 3.15. The minimum absolute atomic E-state index is 0.0847. The normalized spacial score (nSPS) is 9.88. The molecular weight excluding hydrogens is 240 g/mol. The summed E-state index contributed by atoms with van der Waals surface area (Å²) in [6.45, 7) is 0. The molecule has 0 saturated carbocycles. The first-order chi connectivity index (χ1) is 8.16. The van der Waals surface area contributed by atoms with E-state index in [-0.39, 0.29) is 17.3 Å². The zero-order chi connectivity index (χ0) is 12.3. The van der Waals surface area contributed by atoms with Gasteiger partial charge in [-0.05, 0) is 23.6 Å². The number of aromatic nitrogens is 1. The third kappa shape index (κ3) is 2.67. The van der Waals surface area contributed by atoms with E-state index in [0.29, 0.717) is 4.88 Å². The quantitative estimate of drug-likeness (QED) is 0.871. The highest BCUT2D eigenvalue weighted by atomic mass is 32.1. The van der Waals surface area contributed by atoms with Crippen LogP contribution >= 0.6 is 11.3 Å². The number of nitrogens with one attached hydrogen (secondary N) is 1. The van der Waals surface area contributed by atoms with Gasteiger partial charge in [-0.25, -0.2) is 9.78 Å². The molecule has 0 aliphatic heterocycles. The number of amides is 1. The molecule has 0 aromatic carbocycles. The molecule has 86 valence electrons. The monoisotopic (exact) mass is 248 g/mol. The van der Waals surface area contributed by atoms with Crippen molar-refractivity contribution in [3.63, 3.8) is 0 Å². The van der Waals surface area contributed by atoms with Crippen LogP contribution in [0.5, 0.6) is 0 Å². The highest BCUT2D eigenvalue weighted by Gasteiger charge is 2.09. The summed E-state index contributed by atoms with van der Waals surface area (Å²) < 4.78 is 0. The summed E-state index contributed by atoms with van der Waals surface area (Å²) in [6, 6.07) is 6.12. The molecule has 2 N–H and O–H groups in total. The second-order valence-electron chi connectivity index (χ2n) is 3.17. The van der Waals surface area contributed by atoms with Crippen LogP contribution in [0.25, 0.3) is 0 Å². The first-order valence-electron chi connectivity index (χ1n) is 4.71. The number of carbonyl (C=O) groups is 2. The van der Waals surface area contributed by atoms with E-state index in [1.807, 2.05) is 0 Å². The van der Waals surface area contributed by atoms with Crippen molar-refractivity contribution in [2.45, 2.75) is 0 Å². The van der Waals surface area contributed by atoms with E-state index >= 15 is 0 Å². The van der Waals surface area contributed by atoms with Gasteiger partial charge in [0.05, 0.1) is 10.4 Å². The summed E-state index contributed by atoms with van der Waals surface area (Å²) in [5, 5.41) is 13.1.